The minimum absolute atomic E-state index is 0.114. The molecule has 0 amide bonds. The summed E-state index contributed by atoms with van der Waals surface area (Å²) in [6.07, 6.45) is -13.8. The summed E-state index contributed by atoms with van der Waals surface area (Å²) in [6.45, 7) is -0.673. The van der Waals surface area contributed by atoms with E-state index in [1.807, 2.05) is 0 Å². The first-order valence-corrected chi connectivity index (χ1v) is 10.2. The molecule has 0 aromatic heterocycles. The Morgan fingerprint density at radius 2 is 1.29 bits per heavy atom. The third-order valence-corrected chi connectivity index (χ3v) is 6.13. The van der Waals surface area contributed by atoms with Crippen molar-refractivity contribution in [1.29, 1.82) is 0 Å². The van der Waals surface area contributed by atoms with Crippen LogP contribution in [0.25, 0.3) is 0 Å². The van der Waals surface area contributed by atoms with Crippen LogP contribution in [0.5, 0.6) is 0 Å². The van der Waals surface area contributed by atoms with Gasteiger partial charge in [-0.2, -0.15) is 0 Å². The number of hydrogen-bond acceptors (Lipinski definition) is 14. The zero-order chi connectivity index (χ0) is 23.0. The van der Waals surface area contributed by atoms with Gasteiger partial charge in [0.15, 0.2) is 12.6 Å². The van der Waals surface area contributed by atoms with Crippen LogP contribution >= 0.6 is 0 Å². The van der Waals surface area contributed by atoms with Crippen LogP contribution in [-0.4, -0.2) is 129 Å². The lowest BCUT2D eigenvalue weighted by atomic mass is 9.84. The zero-order valence-corrected chi connectivity index (χ0v) is 16.8. The zero-order valence-electron chi connectivity index (χ0n) is 16.8. The summed E-state index contributed by atoms with van der Waals surface area (Å²) >= 11 is 0. The topological polar surface area (TPSA) is 262 Å². The molecule has 2 saturated heterocycles. The van der Waals surface area contributed by atoms with Crippen molar-refractivity contribution in [2.45, 2.75) is 92.1 Å². The highest BCUT2D eigenvalue weighted by atomic mass is 16.7. The number of nitrogens with two attached hydrogens (primary N) is 4. The maximum absolute atomic E-state index is 10.6. The van der Waals surface area contributed by atoms with Crippen molar-refractivity contribution >= 4 is 0 Å². The van der Waals surface area contributed by atoms with Gasteiger partial charge in [-0.05, 0) is 6.42 Å². The van der Waals surface area contributed by atoms with Crippen LogP contribution in [0.1, 0.15) is 6.42 Å². The summed E-state index contributed by atoms with van der Waals surface area (Å²) in [4.78, 5) is 0. The molecule has 2 heterocycles. The summed E-state index contributed by atoms with van der Waals surface area (Å²) in [7, 11) is 0. The number of hydrogen-bond donors (Lipinski definition) is 10. The van der Waals surface area contributed by atoms with E-state index in [1.165, 1.54) is 0 Å². The molecule has 182 valence electrons. The summed E-state index contributed by atoms with van der Waals surface area (Å²) in [5.41, 5.74) is 23.6. The van der Waals surface area contributed by atoms with Gasteiger partial charge in [-0.15, -0.1) is 0 Å². The third-order valence-electron chi connectivity index (χ3n) is 6.13. The van der Waals surface area contributed by atoms with E-state index >= 15 is 0 Å². The lowest BCUT2D eigenvalue weighted by Crippen LogP contribution is -2.68. The largest absolute Gasteiger partial charge is 0.394 e. The van der Waals surface area contributed by atoms with Crippen molar-refractivity contribution in [3.63, 3.8) is 0 Å². The maximum atomic E-state index is 10.6. The van der Waals surface area contributed by atoms with E-state index in [0.717, 1.165) is 0 Å². The lowest BCUT2D eigenvalue weighted by molar-refractivity contribution is -0.306. The highest BCUT2D eigenvalue weighted by Gasteiger charge is 2.52. The molecule has 0 bridgehead atoms. The third kappa shape index (κ3) is 4.87. The van der Waals surface area contributed by atoms with Crippen LogP contribution in [0.2, 0.25) is 0 Å². The van der Waals surface area contributed by atoms with Crippen molar-refractivity contribution in [1.82, 2.24) is 0 Å². The molecule has 14 N–H and O–H groups in total. The molecule has 14 atom stereocenters. The molecule has 0 spiro atoms. The van der Waals surface area contributed by atoms with E-state index in [0.29, 0.717) is 0 Å². The quantitative estimate of drug-likeness (QED) is 0.179. The fourth-order valence-corrected chi connectivity index (χ4v) is 4.16. The normalized spacial score (nSPS) is 53.6. The number of rotatable bonds is 6. The second kappa shape index (κ2) is 10.1. The summed E-state index contributed by atoms with van der Waals surface area (Å²) < 4.78 is 22.5. The first-order valence-electron chi connectivity index (χ1n) is 10.2. The van der Waals surface area contributed by atoms with Crippen LogP contribution in [0.15, 0.2) is 0 Å². The molecule has 3 aliphatic rings. The maximum Gasteiger partial charge on any atom is 0.187 e. The van der Waals surface area contributed by atoms with Crippen LogP contribution in [0.4, 0.5) is 0 Å². The van der Waals surface area contributed by atoms with Gasteiger partial charge in [0.05, 0.1) is 18.8 Å². The lowest BCUT2D eigenvalue weighted by Gasteiger charge is -2.47. The fourth-order valence-electron chi connectivity index (χ4n) is 4.16. The van der Waals surface area contributed by atoms with Crippen LogP contribution in [-0.2, 0) is 18.9 Å². The number of aliphatic hydroxyl groups is 6. The molecular formula is C17H34N4O10. The van der Waals surface area contributed by atoms with Gasteiger partial charge in [-0.25, -0.2) is 0 Å². The minimum Gasteiger partial charge on any atom is -0.394 e. The van der Waals surface area contributed by atoms with Crippen LogP contribution in [0, 0.1) is 0 Å². The number of aliphatic hydroxyl groups excluding tert-OH is 6. The van der Waals surface area contributed by atoms with Crippen molar-refractivity contribution in [2.75, 3.05) is 13.2 Å². The van der Waals surface area contributed by atoms with Crippen LogP contribution in [0.3, 0.4) is 0 Å². The molecule has 0 aromatic rings. The fraction of sp³-hybridized carbons (Fsp3) is 1.00. The van der Waals surface area contributed by atoms with E-state index in [-0.39, 0.29) is 13.0 Å². The SMILES string of the molecule is NC[C@@H]1O[C@H](O[C@H]2[C@@H](O[C@@H]3O[C@H](CO)[C@H](O)[C@@H]3O)[C@@H](O)[C@@H](N)C[C@H]2N)[C@H](N)[C@H](O)[C@H]1O. The van der Waals surface area contributed by atoms with Crippen molar-refractivity contribution in [3.8, 4) is 0 Å². The summed E-state index contributed by atoms with van der Waals surface area (Å²) in [5, 5.41) is 60.2. The predicted octanol–water partition coefficient (Wildman–Crippen LogP) is -6.65. The van der Waals surface area contributed by atoms with Gasteiger partial charge in [0.25, 0.3) is 0 Å². The van der Waals surface area contributed by atoms with Crippen molar-refractivity contribution < 1.29 is 49.6 Å². The summed E-state index contributed by atoms with van der Waals surface area (Å²) in [6, 6.07) is -2.72. The van der Waals surface area contributed by atoms with Gasteiger partial charge in [-0.1, -0.05) is 0 Å². The number of ether oxygens (including phenoxy) is 4. The Kier molecular flexibility index (Phi) is 8.21. The Hall–Kier alpha value is -0.560. The van der Waals surface area contributed by atoms with E-state index in [2.05, 4.69) is 0 Å². The molecule has 3 fully saturated rings. The molecule has 14 nitrogen and oxygen atoms in total. The molecule has 1 aliphatic carbocycles. The Bertz CT molecular complexity index is 591. The molecule has 31 heavy (non-hydrogen) atoms. The molecular weight excluding hydrogens is 420 g/mol. The minimum atomic E-state index is -1.51. The summed E-state index contributed by atoms with van der Waals surface area (Å²) in [5.74, 6) is 0. The second-order valence-corrected chi connectivity index (χ2v) is 8.30. The molecule has 1 saturated carbocycles. The van der Waals surface area contributed by atoms with Gasteiger partial charge < -0.3 is 72.5 Å². The van der Waals surface area contributed by atoms with Crippen LogP contribution < -0.4 is 22.9 Å². The Labute approximate surface area is 178 Å². The van der Waals surface area contributed by atoms with Gasteiger partial charge in [0, 0.05) is 18.6 Å². The average Bonchev–Trinajstić information content (AvgIpc) is 3.02. The van der Waals surface area contributed by atoms with Gasteiger partial charge in [-0.3, -0.25) is 0 Å². The van der Waals surface area contributed by atoms with Crippen molar-refractivity contribution in [3.05, 3.63) is 0 Å². The molecule has 0 radical (unpaired) electrons. The second-order valence-electron chi connectivity index (χ2n) is 8.30. The average molecular weight is 454 g/mol. The van der Waals surface area contributed by atoms with E-state index in [4.69, 9.17) is 41.9 Å². The Morgan fingerprint density at radius 1 is 0.710 bits per heavy atom. The molecule has 0 unspecified atom stereocenters. The van der Waals surface area contributed by atoms with Gasteiger partial charge in [0.2, 0.25) is 0 Å². The molecule has 0 aromatic carbocycles. The highest BCUT2D eigenvalue weighted by Crippen LogP contribution is 2.31. The Morgan fingerprint density at radius 3 is 1.87 bits per heavy atom. The van der Waals surface area contributed by atoms with Gasteiger partial charge >= 0.3 is 0 Å². The molecule has 14 heteroatoms. The van der Waals surface area contributed by atoms with E-state index in [1.54, 1.807) is 0 Å². The molecule has 2 aliphatic heterocycles. The predicted molar refractivity (Wildman–Crippen MR) is 102 cm³/mol. The van der Waals surface area contributed by atoms with Crippen molar-refractivity contribution in [2.24, 2.45) is 22.9 Å². The first kappa shape index (κ1) is 25.1. The monoisotopic (exact) mass is 454 g/mol. The first-order chi connectivity index (χ1) is 14.6. The van der Waals surface area contributed by atoms with E-state index < -0.39 is 92.2 Å². The van der Waals surface area contributed by atoms with Gasteiger partial charge in [0.1, 0.15) is 48.8 Å². The van der Waals surface area contributed by atoms with E-state index in [9.17, 15) is 30.6 Å². The highest BCUT2D eigenvalue weighted by molar-refractivity contribution is 5.01. The Balaban J connectivity index is 1.78. The molecule has 3 rings (SSSR count). The smallest absolute Gasteiger partial charge is 0.187 e. The standard InChI is InChI=1S/C17H34N4O10/c18-2-6-10(24)12(26)8(21)16(28-6)30-14-5(20)1-4(19)9(23)15(14)31-17-13(27)11(25)7(3-22)29-17/h4-17,22-27H,1-3,18-21H2/t4-,5+,6-,7+,8+,9-,10-,11-,12-,13-,14+,15-,16+,17-/m0/s1.